The molecule has 1 aliphatic carbocycles. The maximum absolute atomic E-state index is 14.6. The Hall–Kier alpha value is -1.29. The van der Waals surface area contributed by atoms with E-state index >= 15 is 0 Å². The van der Waals surface area contributed by atoms with Crippen molar-refractivity contribution >= 4 is 27.3 Å². The highest BCUT2D eigenvalue weighted by atomic mass is 79.9. The molecule has 0 spiro atoms. The minimum Gasteiger partial charge on any atom is -0.383 e. The third-order valence-electron chi connectivity index (χ3n) is 4.38. The van der Waals surface area contributed by atoms with Gasteiger partial charge in [0.05, 0.1) is 15.8 Å². The number of piperidine rings is 1. The molecule has 0 amide bonds. The second-order valence-electron chi connectivity index (χ2n) is 6.28. The lowest BCUT2D eigenvalue weighted by Crippen LogP contribution is -2.37. The first kappa shape index (κ1) is 16.6. The van der Waals surface area contributed by atoms with Crippen LogP contribution in [0.5, 0.6) is 0 Å². The lowest BCUT2D eigenvalue weighted by molar-refractivity contribution is 0.184. The second kappa shape index (κ2) is 7.08. The molecular weight excluding hydrogens is 359 g/mol. The SMILES string of the molecule is NNc1c(NCC2CC2)ccc(C#CC2(F)CCNCC2)c1Br. The van der Waals surface area contributed by atoms with Crippen molar-refractivity contribution in [3.8, 4) is 11.8 Å². The van der Waals surface area contributed by atoms with E-state index in [1.807, 2.05) is 12.1 Å². The highest BCUT2D eigenvalue weighted by Crippen LogP contribution is 2.35. The molecule has 1 aliphatic heterocycles. The highest BCUT2D eigenvalue weighted by Gasteiger charge is 2.29. The zero-order valence-electron chi connectivity index (χ0n) is 13.0. The quantitative estimate of drug-likeness (QED) is 0.368. The van der Waals surface area contributed by atoms with Gasteiger partial charge >= 0.3 is 0 Å². The summed E-state index contributed by atoms with van der Waals surface area (Å²) < 4.78 is 15.4. The van der Waals surface area contributed by atoms with Crippen LogP contribution in [0.25, 0.3) is 0 Å². The van der Waals surface area contributed by atoms with E-state index in [1.54, 1.807) is 0 Å². The van der Waals surface area contributed by atoms with Crippen molar-refractivity contribution in [3.63, 3.8) is 0 Å². The van der Waals surface area contributed by atoms with Gasteiger partial charge in [0.2, 0.25) is 0 Å². The summed E-state index contributed by atoms with van der Waals surface area (Å²) in [6.45, 7) is 2.30. The molecule has 3 rings (SSSR count). The first-order valence-electron chi connectivity index (χ1n) is 8.07. The van der Waals surface area contributed by atoms with Gasteiger partial charge in [0.25, 0.3) is 0 Å². The number of hydrogen-bond donors (Lipinski definition) is 4. The fourth-order valence-corrected chi connectivity index (χ4v) is 3.22. The molecule has 4 nitrogen and oxygen atoms in total. The van der Waals surface area contributed by atoms with Crippen LogP contribution in [0.15, 0.2) is 16.6 Å². The lowest BCUT2D eigenvalue weighted by atomic mass is 9.95. The summed E-state index contributed by atoms with van der Waals surface area (Å²) in [5.41, 5.74) is 3.76. The van der Waals surface area contributed by atoms with Gasteiger partial charge in [0, 0.05) is 24.9 Å². The van der Waals surface area contributed by atoms with Crippen LogP contribution < -0.4 is 21.9 Å². The van der Waals surface area contributed by atoms with E-state index in [9.17, 15) is 4.39 Å². The van der Waals surface area contributed by atoms with Gasteiger partial charge in [-0.25, -0.2) is 4.39 Å². The number of anilines is 2. The standard InChI is InChI=1S/C17H22BrFN4/c18-15-13(5-6-17(19)7-9-21-10-8-17)3-4-14(16(15)23-20)22-11-12-1-2-12/h3-4,12,21-23H,1-2,7-11,20H2. The summed E-state index contributed by atoms with van der Waals surface area (Å²) >= 11 is 3.54. The molecule has 2 aliphatic rings. The normalized spacial score (nSPS) is 19.6. The Bertz CT molecular complexity index is 627. The number of nitrogen functional groups attached to an aromatic ring is 1. The van der Waals surface area contributed by atoms with Gasteiger partial charge in [-0.1, -0.05) is 11.8 Å². The number of halogens is 2. The summed E-state index contributed by atoms with van der Waals surface area (Å²) in [6, 6.07) is 3.84. The number of hydrogen-bond acceptors (Lipinski definition) is 4. The predicted molar refractivity (Wildman–Crippen MR) is 96.0 cm³/mol. The summed E-state index contributed by atoms with van der Waals surface area (Å²) in [5, 5.41) is 6.56. The van der Waals surface area contributed by atoms with Crippen LogP contribution in [-0.4, -0.2) is 25.3 Å². The van der Waals surface area contributed by atoms with E-state index in [0.717, 1.165) is 33.9 Å². The summed E-state index contributed by atoms with van der Waals surface area (Å²) in [5.74, 6) is 12.2. The van der Waals surface area contributed by atoms with Crippen molar-refractivity contribution < 1.29 is 4.39 Å². The van der Waals surface area contributed by atoms with E-state index in [2.05, 4.69) is 43.8 Å². The molecule has 2 fully saturated rings. The van der Waals surface area contributed by atoms with Crippen molar-refractivity contribution in [1.82, 2.24) is 5.32 Å². The molecule has 1 aromatic carbocycles. The second-order valence-corrected chi connectivity index (χ2v) is 7.08. The molecule has 0 bridgehead atoms. The van der Waals surface area contributed by atoms with E-state index in [0.29, 0.717) is 25.9 Å². The van der Waals surface area contributed by atoms with Gasteiger partial charge in [0.15, 0.2) is 5.67 Å². The van der Waals surface area contributed by atoms with Crippen molar-refractivity contribution in [1.29, 1.82) is 0 Å². The minimum absolute atomic E-state index is 0.431. The number of rotatable bonds is 4. The van der Waals surface area contributed by atoms with Crippen LogP contribution in [0.1, 0.15) is 31.2 Å². The number of nitrogens with one attached hydrogen (secondary N) is 3. The summed E-state index contributed by atoms with van der Waals surface area (Å²) in [7, 11) is 0. The summed E-state index contributed by atoms with van der Waals surface area (Å²) in [6.07, 6.45) is 3.44. The average molecular weight is 381 g/mol. The average Bonchev–Trinajstić information content (AvgIpc) is 3.37. The zero-order valence-corrected chi connectivity index (χ0v) is 14.6. The van der Waals surface area contributed by atoms with Crippen LogP contribution >= 0.6 is 15.9 Å². The van der Waals surface area contributed by atoms with Crippen LogP contribution in [-0.2, 0) is 0 Å². The highest BCUT2D eigenvalue weighted by molar-refractivity contribution is 9.10. The molecule has 0 unspecified atom stereocenters. The topological polar surface area (TPSA) is 62.1 Å². The summed E-state index contributed by atoms with van der Waals surface area (Å²) in [4.78, 5) is 0. The molecule has 5 N–H and O–H groups in total. The Balaban J connectivity index is 1.79. The minimum atomic E-state index is -1.40. The molecule has 1 saturated carbocycles. The molecule has 0 atom stereocenters. The van der Waals surface area contributed by atoms with E-state index < -0.39 is 5.67 Å². The predicted octanol–water partition coefficient (Wildman–Crippen LogP) is 3.00. The van der Waals surface area contributed by atoms with Gasteiger partial charge in [0.1, 0.15) is 0 Å². The van der Waals surface area contributed by atoms with E-state index in [4.69, 9.17) is 5.84 Å². The van der Waals surface area contributed by atoms with Gasteiger partial charge in [-0.2, -0.15) is 0 Å². The number of hydrazine groups is 1. The molecule has 124 valence electrons. The largest absolute Gasteiger partial charge is 0.383 e. The molecule has 6 heteroatoms. The van der Waals surface area contributed by atoms with Gasteiger partial charge in [-0.3, -0.25) is 5.84 Å². The lowest BCUT2D eigenvalue weighted by Gasteiger charge is -2.24. The zero-order chi connectivity index (χ0) is 16.3. The fraction of sp³-hybridized carbons (Fsp3) is 0.529. The molecule has 1 heterocycles. The van der Waals surface area contributed by atoms with Gasteiger partial charge in [-0.15, -0.1) is 0 Å². The molecule has 23 heavy (non-hydrogen) atoms. The fourth-order valence-electron chi connectivity index (χ4n) is 2.66. The van der Waals surface area contributed by atoms with Gasteiger partial charge < -0.3 is 16.1 Å². The van der Waals surface area contributed by atoms with E-state index in [1.165, 1.54) is 12.8 Å². The first-order valence-corrected chi connectivity index (χ1v) is 8.86. The number of benzene rings is 1. The molecule has 0 radical (unpaired) electrons. The molecular formula is C17H22BrFN4. The molecule has 1 aromatic rings. The van der Waals surface area contributed by atoms with Gasteiger partial charge in [-0.05, 0) is 59.9 Å². The first-order chi connectivity index (χ1) is 11.1. The third-order valence-corrected chi connectivity index (χ3v) is 5.21. The Kier molecular flexibility index (Phi) is 5.10. The van der Waals surface area contributed by atoms with Crippen molar-refractivity contribution in [3.05, 3.63) is 22.2 Å². The molecule has 0 aromatic heterocycles. The van der Waals surface area contributed by atoms with Crippen LogP contribution in [0, 0.1) is 17.8 Å². The maximum atomic E-state index is 14.6. The maximum Gasteiger partial charge on any atom is 0.173 e. The van der Waals surface area contributed by atoms with Crippen molar-refractivity contribution in [2.75, 3.05) is 30.4 Å². The Morgan fingerprint density at radius 3 is 2.74 bits per heavy atom. The van der Waals surface area contributed by atoms with Crippen LogP contribution in [0.2, 0.25) is 0 Å². The Morgan fingerprint density at radius 1 is 1.35 bits per heavy atom. The van der Waals surface area contributed by atoms with Crippen LogP contribution in [0.4, 0.5) is 15.8 Å². The number of nitrogens with two attached hydrogens (primary N) is 1. The third kappa shape index (κ3) is 4.17. The van der Waals surface area contributed by atoms with Crippen molar-refractivity contribution in [2.24, 2.45) is 11.8 Å². The monoisotopic (exact) mass is 380 g/mol. The van der Waals surface area contributed by atoms with Crippen LogP contribution in [0.3, 0.4) is 0 Å². The Labute approximate surface area is 144 Å². The number of alkyl halides is 1. The van der Waals surface area contributed by atoms with Crippen molar-refractivity contribution in [2.45, 2.75) is 31.4 Å². The van der Waals surface area contributed by atoms with E-state index in [-0.39, 0.29) is 0 Å². The smallest absolute Gasteiger partial charge is 0.173 e. The molecule has 1 saturated heterocycles. The Morgan fingerprint density at radius 2 is 2.09 bits per heavy atom.